The zero-order chi connectivity index (χ0) is 31.7. The van der Waals surface area contributed by atoms with E-state index >= 15 is 4.39 Å². The van der Waals surface area contributed by atoms with Crippen LogP contribution in [0.1, 0.15) is 32.3 Å². The molecule has 0 unspecified atom stereocenters. The molecule has 1 fully saturated rings. The van der Waals surface area contributed by atoms with Crippen LogP contribution >= 0.6 is 0 Å². The number of fused-ring (bicyclic) bond motifs is 1. The molecule has 1 aliphatic rings. The molecule has 9 nitrogen and oxygen atoms in total. The van der Waals surface area contributed by atoms with E-state index in [9.17, 15) is 21.6 Å². The van der Waals surface area contributed by atoms with Gasteiger partial charge in [0.25, 0.3) is 5.92 Å². The smallest absolute Gasteiger partial charge is 0.263 e. The number of pyridine rings is 1. The average Bonchev–Trinajstić information content (AvgIpc) is 2.97. The Labute approximate surface area is 252 Å². The van der Waals surface area contributed by atoms with Gasteiger partial charge in [0.05, 0.1) is 16.9 Å². The van der Waals surface area contributed by atoms with Crippen molar-refractivity contribution in [3.63, 3.8) is 0 Å². The number of sulfonamides is 1. The molecule has 0 radical (unpaired) electrons. The Bertz CT molecular complexity index is 1790. The van der Waals surface area contributed by atoms with Crippen LogP contribution in [0.4, 0.5) is 29.2 Å². The minimum absolute atomic E-state index is 0.0582. The molecule has 2 aromatic heterocycles. The molecular weight excluding hydrogens is 600 g/mol. The quantitative estimate of drug-likeness (QED) is 0.177. The van der Waals surface area contributed by atoms with Gasteiger partial charge in [0.1, 0.15) is 17.2 Å². The van der Waals surface area contributed by atoms with Gasteiger partial charge in [-0.25, -0.2) is 40.9 Å². The molecule has 234 valence electrons. The number of anilines is 2. The van der Waals surface area contributed by atoms with Crippen molar-refractivity contribution in [3.05, 3.63) is 66.2 Å². The highest BCUT2D eigenvalue weighted by Crippen LogP contribution is 2.42. The molecule has 44 heavy (non-hydrogen) atoms. The summed E-state index contributed by atoms with van der Waals surface area (Å²) in [7, 11) is -4.61. The predicted octanol–water partition coefficient (Wildman–Crippen LogP) is 6.22. The lowest BCUT2D eigenvalue weighted by molar-refractivity contribution is 0.0219. The van der Waals surface area contributed by atoms with Gasteiger partial charge in [-0.05, 0) is 32.0 Å². The third-order valence-corrected chi connectivity index (χ3v) is 8.61. The Morgan fingerprint density at radius 2 is 1.86 bits per heavy atom. The summed E-state index contributed by atoms with van der Waals surface area (Å²) in [5.41, 5.74) is -1.01. The summed E-state index contributed by atoms with van der Waals surface area (Å²) in [4.78, 5) is 13.2. The van der Waals surface area contributed by atoms with Gasteiger partial charge in [0, 0.05) is 60.7 Å². The van der Waals surface area contributed by atoms with Gasteiger partial charge in [-0.15, -0.1) is 0 Å². The van der Waals surface area contributed by atoms with E-state index in [-0.39, 0.29) is 47.5 Å². The lowest BCUT2D eigenvalue weighted by Gasteiger charge is -2.33. The summed E-state index contributed by atoms with van der Waals surface area (Å²) in [5.74, 6) is -5.53. The minimum atomic E-state index is -4.61. The highest BCUT2D eigenvalue weighted by Gasteiger charge is 2.35. The van der Waals surface area contributed by atoms with Crippen LogP contribution in [0, 0.1) is 12.7 Å². The number of halogens is 4. The number of hydrogen-bond acceptors (Lipinski definition) is 8. The van der Waals surface area contributed by atoms with Crippen LogP contribution in [0.5, 0.6) is 11.6 Å². The van der Waals surface area contributed by atoms with Gasteiger partial charge >= 0.3 is 0 Å². The van der Waals surface area contributed by atoms with Gasteiger partial charge in [-0.2, -0.15) is 0 Å². The summed E-state index contributed by atoms with van der Waals surface area (Å²) in [6.07, 6.45) is 2.61. The number of ether oxygens (including phenoxy) is 1. The maximum atomic E-state index is 15.8. The van der Waals surface area contributed by atoms with Crippen LogP contribution in [0.3, 0.4) is 0 Å². The summed E-state index contributed by atoms with van der Waals surface area (Å²) in [6.45, 7) is 4.90. The Kier molecular flexibility index (Phi) is 8.67. The third kappa shape index (κ3) is 7.02. The number of piperidine rings is 1. The van der Waals surface area contributed by atoms with E-state index in [2.05, 4.69) is 25.6 Å². The first-order valence-corrected chi connectivity index (χ1v) is 15.6. The first-order chi connectivity index (χ1) is 20.8. The van der Waals surface area contributed by atoms with Crippen molar-refractivity contribution in [1.29, 1.82) is 0 Å². The van der Waals surface area contributed by atoms with E-state index in [0.29, 0.717) is 23.2 Å². The lowest BCUT2D eigenvalue weighted by Crippen LogP contribution is -2.50. The predicted molar refractivity (Wildman–Crippen MR) is 161 cm³/mol. The molecule has 1 aliphatic heterocycles. The maximum absolute atomic E-state index is 15.8. The standard InChI is InChI=1S/C30H32F4N6O3S/c1-4-30(33,34)17-44(41,42)40-25-20-8-5-6-9-21(20)26(18(2)24(25)31)43-27-22(10-7-12-36-27)23-11-13-37-28(39-23)38-19-14-29(3,32)16-35-15-19/h5-13,19,35,40H,4,14-17H2,1-3H3,(H,37,38,39)/t19-,29-/m0/s1. The summed E-state index contributed by atoms with van der Waals surface area (Å²) in [5, 5.41) is 6.65. The number of hydrogen-bond donors (Lipinski definition) is 3. The Hall–Kier alpha value is -4.04. The number of alkyl halides is 3. The molecule has 0 bridgehead atoms. The molecule has 3 N–H and O–H groups in total. The number of nitrogens with one attached hydrogen (secondary N) is 3. The van der Waals surface area contributed by atoms with Crippen molar-refractivity contribution >= 4 is 32.4 Å². The van der Waals surface area contributed by atoms with Crippen LogP contribution < -0.4 is 20.1 Å². The van der Waals surface area contributed by atoms with Crippen molar-refractivity contribution < 1.29 is 30.7 Å². The second-order valence-corrected chi connectivity index (χ2v) is 12.8. The largest absolute Gasteiger partial charge is 0.437 e. The van der Waals surface area contributed by atoms with Crippen LogP contribution in [-0.2, 0) is 10.0 Å². The van der Waals surface area contributed by atoms with Gasteiger partial charge in [-0.1, -0.05) is 31.2 Å². The van der Waals surface area contributed by atoms with E-state index < -0.39 is 45.3 Å². The fourth-order valence-corrected chi connectivity index (χ4v) is 6.44. The molecule has 2 aromatic carbocycles. The van der Waals surface area contributed by atoms with Gasteiger partial charge in [-0.3, -0.25) is 4.72 Å². The topological polar surface area (TPSA) is 118 Å². The number of benzene rings is 2. The van der Waals surface area contributed by atoms with E-state index in [0.717, 1.165) is 0 Å². The molecule has 2 atom stereocenters. The lowest BCUT2D eigenvalue weighted by atomic mass is 9.95. The van der Waals surface area contributed by atoms with Crippen molar-refractivity contribution in [1.82, 2.24) is 20.3 Å². The molecule has 3 heterocycles. The van der Waals surface area contributed by atoms with Crippen LogP contribution in [0.25, 0.3) is 22.0 Å². The average molecular weight is 633 g/mol. The van der Waals surface area contributed by atoms with E-state index in [4.69, 9.17) is 4.74 Å². The monoisotopic (exact) mass is 632 g/mol. The SMILES string of the molecule is CCC(F)(F)CS(=O)(=O)Nc1c(F)c(C)c(Oc2ncccc2-c2ccnc(N[C@@H]3CNC[C@@](C)(F)C3)n2)c2ccccc12. The van der Waals surface area contributed by atoms with Crippen LogP contribution in [-0.4, -0.2) is 59.8 Å². The molecule has 5 rings (SSSR count). The highest BCUT2D eigenvalue weighted by molar-refractivity contribution is 7.92. The zero-order valence-electron chi connectivity index (χ0n) is 24.3. The first kappa shape index (κ1) is 31.4. The fraction of sp³-hybridized carbons (Fsp3) is 0.367. The van der Waals surface area contributed by atoms with Gasteiger partial charge in [0.15, 0.2) is 5.82 Å². The van der Waals surface area contributed by atoms with E-state index in [1.165, 1.54) is 39.2 Å². The molecular formula is C30H32F4N6O3S. The van der Waals surface area contributed by atoms with Crippen molar-refractivity contribution in [3.8, 4) is 22.9 Å². The summed E-state index contributed by atoms with van der Waals surface area (Å²) >= 11 is 0. The highest BCUT2D eigenvalue weighted by atomic mass is 32.2. The first-order valence-electron chi connectivity index (χ1n) is 14.0. The Morgan fingerprint density at radius 1 is 1.11 bits per heavy atom. The van der Waals surface area contributed by atoms with Gasteiger partial charge < -0.3 is 15.4 Å². The number of rotatable bonds is 10. The molecule has 1 saturated heterocycles. The van der Waals surface area contributed by atoms with Crippen molar-refractivity contribution in [2.45, 2.75) is 51.2 Å². The fourth-order valence-electron chi connectivity index (χ4n) is 5.10. The maximum Gasteiger partial charge on any atom is 0.263 e. The summed E-state index contributed by atoms with van der Waals surface area (Å²) < 4.78 is 91.6. The molecule has 0 saturated carbocycles. The van der Waals surface area contributed by atoms with Crippen molar-refractivity contribution in [2.24, 2.45) is 0 Å². The van der Waals surface area contributed by atoms with Gasteiger partial charge in [0.2, 0.25) is 21.9 Å². The van der Waals surface area contributed by atoms with E-state index in [1.54, 1.807) is 36.4 Å². The van der Waals surface area contributed by atoms with E-state index in [1.807, 2.05) is 4.72 Å². The molecule has 0 spiro atoms. The van der Waals surface area contributed by atoms with Crippen LogP contribution in [0.2, 0.25) is 0 Å². The molecule has 14 heteroatoms. The second-order valence-electron chi connectivity index (χ2n) is 11.1. The normalized spacial score (nSPS) is 19.1. The molecule has 4 aromatic rings. The van der Waals surface area contributed by atoms with Crippen LogP contribution in [0.15, 0.2) is 54.9 Å². The minimum Gasteiger partial charge on any atom is -0.437 e. The third-order valence-electron chi connectivity index (χ3n) is 7.30. The second kappa shape index (κ2) is 12.2. The number of nitrogens with zero attached hydrogens (tertiary/aromatic N) is 3. The molecule has 0 amide bonds. The zero-order valence-corrected chi connectivity index (χ0v) is 25.1. The molecule has 0 aliphatic carbocycles. The van der Waals surface area contributed by atoms with Crippen molar-refractivity contribution in [2.75, 3.05) is 28.9 Å². The Morgan fingerprint density at radius 3 is 2.59 bits per heavy atom. The Balaban J connectivity index is 1.49. The number of aromatic nitrogens is 3. The summed E-state index contributed by atoms with van der Waals surface area (Å²) in [6, 6.07) is 11.1.